The topological polar surface area (TPSA) is 149 Å². The molecule has 12 heteroatoms. The Morgan fingerprint density at radius 1 is 1.29 bits per heavy atom. The van der Waals surface area contributed by atoms with E-state index in [-0.39, 0.29) is 31.0 Å². The van der Waals surface area contributed by atoms with Crippen molar-refractivity contribution < 1.29 is 23.9 Å². The Labute approximate surface area is 199 Å². The lowest BCUT2D eigenvalue weighted by atomic mass is 10.1. The number of pyridine rings is 1. The Bertz CT molecular complexity index is 1330. The van der Waals surface area contributed by atoms with Gasteiger partial charge in [-0.1, -0.05) is 6.08 Å². The largest absolute Gasteiger partial charge is 0.465 e. The van der Waals surface area contributed by atoms with Gasteiger partial charge in [-0.15, -0.1) is 0 Å². The average molecular weight is 484 g/mol. The van der Waals surface area contributed by atoms with Crippen molar-refractivity contribution in [2.75, 3.05) is 19.4 Å². The van der Waals surface area contributed by atoms with Crippen LogP contribution in [0.25, 0.3) is 11.0 Å². The van der Waals surface area contributed by atoms with E-state index in [1.165, 1.54) is 46.0 Å². The summed E-state index contributed by atoms with van der Waals surface area (Å²) in [6.45, 7) is 0.0420. The van der Waals surface area contributed by atoms with Crippen LogP contribution in [0.3, 0.4) is 0 Å². The maximum Gasteiger partial charge on any atom is 0.405 e. The van der Waals surface area contributed by atoms with Gasteiger partial charge in [0.1, 0.15) is 23.4 Å². The van der Waals surface area contributed by atoms with Gasteiger partial charge in [-0.25, -0.2) is 14.2 Å². The molecule has 2 aromatic heterocycles. The zero-order valence-electron chi connectivity index (χ0n) is 19.1. The van der Waals surface area contributed by atoms with Crippen LogP contribution in [0.15, 0.2) is 53.5 Å². The zero-order valence-corrected chi connectivity index (χ0v) is 19.1. The molecule has 11 nitrogen and oxygen atoms in total. The molecule has 3 amide bonds. The quantitative estimate of drug-likeness (QED) is 0.341. The lowest BCUT2D eigenvalue weighted by molar-refractivity contribution is -0.123. The van der Waals surface area contributed by atoms with Crippen molar-refractivity contribution in [3.63, 3.8) is 0 Å². The minimum Gasteiger partial charge on any atom is -0.465 e. The second kappa shape index (κ2) is 11.1. The van der Waals surface area contributed by atoms with Crippen LogP contribution in [-0.4, -0.2) is 62.6 Å². The Kier molecular flexibility index (Phi) is 7.97. The van der Waals surface area contributed by atoms with Gasteiger partial charge in [0.05, 0.1) is 17.6 Å². The van der Waals surface area contributed by atoms with E-state index in [0.717, 1.165) is 0 Å². The van der Waals surface area contributed by atoms with Gasteiger partial charge < -0.3 is 30.2 Å². The first-order valence-corrected chi connectivity index (χ1v) is 10.7. The van der Waals surface area contributed by atoms with Crippen LogP contribution in [0.1, 0.15) is 18.7 Å². The summed E-state index contributed by atoms with van der Waals surface area (Å²) in [5.41, 5.74) is 0.456. The number of allylic oxidation sites excluding steroid dienone is 1. The molecule has 4 N–H and O–H groups in total. The van der Waals surface area contributed by atoms with E-state index >= 15 is 0 Å². The standard InChI is InChI=1S/C23H25FN6O5/c1-29(2)20(31)8-4-3-6-16(28-23(34)35)21(32)27-17-7-5-11-30(22(17)33)13-19-25-15-10-9-14(24)12-18(15)26-19/h4-5,7-12,16,28H,3,6,13H2,1-2H3,(H,25,26)(H,27,32)(H,34,35)/b8-4+/t16-/m0/s1. The lowest BCUT2D eigenvalue weighted by Crippen LogP contribution is -2.44. The number of anilines is 1. The first-order valence-electron chi connectivity index (χ1n) is 10.7. The van der Waals surface area contributed by atoms with Crippen molar-refractivity contribution >= 4 is 34.6 Å². The fraction of sp³-hybridized carbons (Fsp3) is 0.261. The Hall–Kier alpha value is -4.48. The first kappa shape index (κ1) is 25.1. The van der Waals surface area contributed by atoms with Crippen molar-refractivity contribution in [2.24, 2.45) is 0 Å². The number of benzene rings is 1. The predicted molar refractivity (Wildman–Crippen MR) is 127 cm³/mol. The first-order chi connectivity index (χ1) is 16.6. The van der Waals surface area contributed by atoms with Crippen molar-refractivity contribution in [1.82, 2.24) is 24.8 Å². The summed E-state index contributed by atoms with van der Waals surface area (Å²) >= 11 is 0. The van der Waals surface area contributed by atoms with Crippen molar-refractivity contribution in [3.8, 4) is 0 Å². The second-order valence-corrected chi connectivity index (χ2v) is 7.90. The highest BCUT2D eigenvalue weighted by Crippen LogP contribution is 2.13. The third-order valence-corrected chi connectivity index (χ3v) is 5.03. The minimum absolute atomic E-state index is 0.0420. The maximum atomic E-state index is 13.4. The Morgan fingerprint density at radius 2 is 2.06 bits per heavy atom. The molecule has 35 heavy (non-hydrogen) atoms. The van der Waals surface area contributed by atoms with E-state index in [2.05, 4.69) is 20.6 Å². The summed E-state index contributed by atoms with van der Waals surface area (Å²) in [6.07, 6.45) is 3.31. The molecule has 0 aliphatic rings. The van der Waals surface area contributed by atoms with Gasteiger partial charge >= 0.3 is 6.09 Å². The normalized spacial score (nSPS) is 12.0. The molecule has 184 valence electrons. The summed E-state index contributed by atoms with van der Waals surface area (Å²) in [5.74, 6) is -0.954. The SMILES string of the molecule is CN(C)C(=O)/C=C/CC[C@H](NC(=O)O)C(=O)Nc1cccn(Cc2nc3ccc(F)cc3[nH]2)c1=O. The molecule has 3 rings (SSSR count). The number of carbonyl (C=O) groups excluding carboxylic acids is 2. The molecule has 0 spiro atoms. The number of imidazole rings is 1. The number of halogens is 1. The Balaban J connectivity index is 1.71. The average Bonchev–Trinajstić information content (AvgIpc) is 3.19. The third-order valence-electron chi connectivity index (χ3n) is 5.03. The number of hydrogen-bond acceptors (Lipinski definition) is 5. The van der Waals surface area contributed by atoms with Crippen LogP contribution < -0.4 is 16.2 Å². The number of aromatic amines is 1. The smallest absolute Gasteiger partial charge is 0.405 e. The number of nitrogens with one attached hydrogen (secondary N) is 3. The van der Waals surface area contributed by atoms with E-state index in [1.807, 2.05) is 0 Å². The fourth-order valence-corrected chi connectivity index (χ4v) is 3.26. The van der Waals surface area contributed by atoms with Crippen molar-refractivity contribution in [1.29, 1.82) is 0 Å². The second-order valence-electron chi connectivity index (χ2n) is 7.90. The van der Waals surface area contributed by atoms with E-state index in [1.54, 1.807) is 26.2 Å². The monoisotopic (exact) mass is 484 g/mol. The number of likely N-dealkylation sites (N-methyl/N-ethyl adjacent to an activating group) is 1. The van der Waals surface area contributed by atoms with E-state index in [9.17, 15) is 23.6 Å². The number of amides is 3. The highest BCUT2D eigenvalue weighted by molar-refractivity contribution is 5.96. The number of rotatable bonds is 9. The predicted octanol–water partition coefficient (Wildman–Crippen LogP) is 1.91. The van der Waals surface area contributed by atoms with Crippen molar-refractivity contribution in [3.05, 3.63) is 70.7 Å². The van der Waals surface area contributed by atoms with E-state index in [0.29, 0.717) is 16.9 Å². The minimum atomic E-state index is -1.40. The van der Waals surface area contributed by atoms with Crippen LogP contribution in [0.2, 0.25) is 0 Å². The molecular weight excluding hydrogens is 459 g/mol. The molecule has 3 aromatic rings. The number of aromatic nitrogens is 3. The van der Waals surface area contributed by atoms with Gasteiger partial charge in [-0.3, -0.25) is 14.4 Å². The number of hydrogen-bond donors (Lipinski definition) is 4. The molecular formula is C23H25FN6O5. The van der Waals surface area contributed by atoms with Gasteiger partial charge in [-0.05, 0) is 49.2 Å². The molecule has 0 saturated carbocycles. The van der Waals surface area contributed by atoms with E-state index < -0.39 is 29.4 Å². The van der Waals surface area contributed by atoms with Crippen LogP contribution >= 0.6 is 0 Å². The van der Waals surface area contributed by atoms with Gasteiger partial charge in [0.25, 0.3) is 5.56 Å². The number of nitrogens with zero attached hydrogens (tertiary/aromatic N) is 3. The lowest BCUT2D eigenvalue weighted by Gasteiger charge is -2.16. The molecule has 0 bridgehead atoms. The number of carbonyl (C=O) groups is 3. The van der Waals surface area contributed by atoms with Gasteiger partial charge in [-0.2, -0.15) is 0 Å². The van der Waals surface area contributed by atoms with Crippen LogP contribution in [0.4, 0.5) is 14.9 Å². The molecule has 2 heterocycles. The summed E-state index contributed by atoms with van der Waals surface area (Å²) in [4.78, 5) is 57.0. The van der Waals surface area contributed by atoms with Gasteiger partial charge in [0.2, 0.25) is 11.8 Å². The Morgan fingerprint density at radius 3 is 2.77 bits per heavy atom. The van der Waals surface area contributed by atoms with Crippen LogP contribution in [0, 0.1) is 5.82 Å². The molecule has 0 radical (unpaired) electrons. The summed E-state index contributed by atoms with van der Waals surface area (Å²) in [6, 6.07) is 5.90. The maximum absolute atomic E-state index is 13.4. The van der Waals surface area contributed by atoms with E-state index in [4.69, 9.17) is 5.11 Å². The third kappa shape index (κ3) is 6.76. The van der Waals surface area contributed by atoms with Gasteiger partial charge in [0, 0.05) is 20.3 Å². The summed E-state index contributed by atoms with van der Waals surface area (Å²) < 4.78 is 14.7. The number of carboxylic acid groups (broad SMARTS) is 1. The molecule has 1 aromatic carbocycles. The van der Waals surface area contributed by atoms with Crippen molar-refractivity contribution in [2.45, 2.75) is 25.4 Å². The van der Waals surface area contributed by atoms with Gasteiger partial charge in [0.15, 0.2) is 0 Å². The van der Waals surface area contributed by atoms with Crippen LogP contribution in [-0.2, 0) is 16.1 Å². The molecule has 0 aliphatic heterocycles. The number of H-pyrrole nitrogens is 1. The number of fused-ring (bicyclic) bond motifs is 1. The molecule has 1 atom stereocenters. The van der Waals surface area contributed by atoms with Crippen LogP contribution in [0.5, 0.6) is 0 Å². The molecule has 0 saturated heterocycles. The highest BCUT2D eigenvalue weighted by atomic mass is 19.1. The summed E-state index contributed by atoms with van der Waals surface area (Å²) in [5, 5.41) is 13.7. The molecule has 0 fully saturated rings. The molecule has 0 unspecified atom stereocenters. The molecule has 0 aliphatic carbocycles. The summed E-state index contributed by atoms with van der Waals surface area (Å²) in [7, 11) is 3.19. The fourth-order valence-electron chi connectivity index (χ4n) is 3.26. The highest BCUT2D eigenvalue weighted by Gasteiger charge is 2.21. The zero-order chi connectivity index (χ0) is 25.5.